The third-order valence-electron chi connectivity index (χ3n) is 2.28. The van der Waals surface area contributed by atoms with Crippen molar-refractivity contribution in [2.75, 3.05) is 0 Å². The summed E-state index contributed by atoms with van der Waals surface area (Å²) in [4.78, 5) is 12.7. The molecule has 0 aliphatic carbocycles. The van der Waals surface area contributed by atoms with Crippen molar-refractivity contribution in [1.82, 2.24) is 0 Å². The normalized spacial score (nSPS) is 12.6. The molecular formula is C13H17BrO2S. The highest BCUT2D eigenvalue weighted by atomic mass is 79.9. The van der Waals surface area contributed by atoms with Crippen molar-refractivity contribution in [1.29, 1.82) is 0 Å². The second-order valence-electron chi connectivity index (χ2n) is 4.51. The minimum atomic E-state index is -0.305. The minimum Gasteiger partial charge on any atom is -0.459 e. The molecule has 0 heterocycles. The third kappa shape index (κ3) is 4.72. The molecule has 0 aromatic heterocycles. The molecule has 0 amide bonds. The number of esters is 1. The summed E-state index contributed by atoms with van der Waals surface area (Å²) >= 11 is 7.55. The van der Waals surface area contributed by atoms with Crippen molar-refractivity contribution in [3.05, 3.63) is 28.2 Å². The Morgan fingerprint density at radius 1 is 1.41 bits per heavy atom. The lowest BCUT2D eigenvalue weighted by atomic mass is 10.1. The fourth-order valence-corrected chi connectivity index (χ4v) is 2.24. The van der Waals surface area contributed by atoms with Crippen LogP contribution in [0.4, 0.5) is 0 Å². The van der Waals surface area contributed by atoms with E-state index in [0.29, 0.717) is 11.5 Å². The number of hydrogen-bond acceptors (Lipinski definition) is 3. The molecule has 0 aliphatic heterocycles. The Bertz CT molecular complexity index is 404. The van der Waals surface area contributed by atoms with E-state index in [4.69, 9.17) is 4.74 Å². The molecule has 1 unspecified atom stereocenters. The molecule has 1 aromatic carbocycles. The standard InChI is InChI=1S/C13H17BrO2S/c1-8(2)6-9(3)16-13(15)11-7-10(17)4-5-12(11)14/h4-5,7-9,17H,6H2,1-3H3. The Morgan fingerprint density at radius 3 is 2.65 bits per heavy atom. The number of rotatable bonds is 4. The van der Waals surface area contributed by atoms with Crippen LogP contribution in [0.2, 0.25) is 0 Å². The highest BCUT2D eigenvalue weighted by molar-refractivity contribution is 9.10. The fourth-order valence-electron chi connectivity index (χ4n) is 1.63. The van der Waals surface area contributed by atoms with Gasteiger partial charge in [0.25, 0.3) is 0 Å². The molecule has 4 heteroatoms. The number of ether oxygens (including phenoxy) is 1. The minimum absolute atomic E-state index is 0.0713. The van der Waals surface area contributed by atoms with Gasteiger partial charge in [-0.15, -0.1) is 12.6 Å². The van der Waals surface area contributed by atoms with Crippen molar-refractivity contribution in [2.45, 2.75) is 38.2 Å². The van der Waals surface area contributed by atoms with Gasteiger partial charge < -0.3 is 4.74 Å². The van der Waals surface area contributed by atoms with Crippen molar-refractivity contribution in [2.24, 2.45) is 5.92 Å². The van der Waals surface area contributed by atoms with Crippen LogP contribution in [-0.4, -0.2) is 12.1 Å². The summed E-state index contributed by atoms with van der Waals surface area (Å²) in [6.45, 7) is 6.12. The molecule has 94 valence electrons. The zero-order valence-corrected chi connectivity index (χ0v) is 12.7. The first-order valence-electron chi connectivity index (χ1n) is 5.59. The van der Waals surface area contributed by atoms with Gasteiger partial charge in [-0.1, -0.05) is 13.8 Å². The molecule has 1 atom stereocenters. The van der Waals surface area contributed by atoms with Gasteiger partial charge in [0, 0.05) is 9.37 Å². The van der Waals surface area contributed by atoms with E-state index >= 15 is 0 Å². The lowest BCUT2D eigenvalue weighted by molar-refractivity contribution is 0.0298. The van der Waals surface area contributed by atoms with E-state index < -0.39 is 0 Å². The molecule has 0 aliphatic rings. The molecule has 17 heavy (non-hydrogen) atoms. The molecule has 1 aromatic rings. The Balaban J connectivity index is 2.73. The molecule has 0 saturated heterocycles. The molecule has 0 saturated carbocycles. The Labute approximate surface area is 116 Å². The fraction of sp³-hybridized carbons (Fsp3) is 0.462. The van der Waals surface area contributed by atoms with E-state index in [9.17, 15) is 4.79 Å². The van der Waals surface area contributed by atoms with Crippen molar-refractivity contribution in [3.63, 3.8) is 0 Å². The quantitative estimate of drug-likeness (QED) is 0.661. The van der Waals surface area contributed by atoms with Gasteiger partial charge in [0.1, 0.15) is 0 Å². The van der Waals surface area contributed by atoms with Crippen LogP contribution in [0.1, 0.15) is 37.6 Å². The highest BCUT2D eigenvalue weighted by Gasteiger charge is 2.16. The number of thiol groups is 1. The Morgan fingerprint density at radius 2 is 2.06 bits per heavy atom. The Kier molecular flexibility index (Phi) is 5.53. The van der Waals surface area contributed by atoms with Gasteiger partial charge in [0.15, 0.2) is 0 Å². The predicted octanol–water partition coefficient (Wildman–Crippen LogP) is 4.33. The van der Waals surface area contributed by atoms with Crippen molar-refractivity contribution in [3.8, 4) is 0 Å². The molecule has 0 N–H and O–H groups in total. The van der Waals surface area contributed by atoms with Gasteiger partial charge in [-0.05, 0) is 53.4 Å². The molecule has 2 nitrogen and oxygen atoms in total. The lowest BCUT2D eigenvalue weighted by Gasteiger charge is -2.15. The van der Waals surface area contributed by atoms with E-state index in [1.54, 1.807) is 12.1 Å². The molecule has 0 radical (unpaired) electrons. The van der Waals surface area contributed by atoms with Crippen LogP contribution in [0.5, 0.6) is 0 Å². The number of carbonyl (C=O) groups excluding carboxylic acids is 1. The van der Waals surface area contributed by atoms with Gasteiger partial charge in [-0.25, -0.2) is 4.79 Å². The van der Waals surface area contributed by atoms with Gasteiger partial charge in [0.05, 0.1) is 11.7 Å². The van der Waals surface area contributed by atoms with Crippen LogP contribution >= 0.6 is 28.6 Å². The second-order valence-corrected chi connectivity index (χ2v) is 5.88. The smallest absolute Gasteiger partial charge is 0.339 e. The van der Waals surface area contributed by atoms with Crippen LogP contribution in [0.15, 0.2) is 27.6 Å². The Hall–Kier alpha value is -0.480. The monoisotopic (exact) mass is 316 g/mol. The maximum absolute atomic E-state index is 11.9. The van der Waals surface area contributed by atoms with Crippen LogP contribution in [0.25, 0.3) is 0 Å². The summed E-state index contributed by atoms with van der Waals surface area (Å²) in [6, 6.07) is 5.32. The first-order chi connectivity index (χ1) is 7.90. The van der Waals surface area contributed by atoms with Crippen LogP contribution in [0.3, 0.4) is 0 Å². The van der Waals surface area contributed by atoms with E-state index in [-0.39, 0.29) is 12.1 Å². The highest BCUT2D eigenvalue weighted by Crippen LogP contribution is 2.22. The summed E-state index contributed by atoms with van der Waals surface area (Å²) in [5.74, 6) is 0.207. The predicted molar refractivity (Wildman–Crippen MR) is 75.7 cm³/mol. The van der Waals surface area contributed by atoms with E-state index in [0.717, 1.165) is 15.8 Å². The molecule has 1 rings (SSSR count). The summed E-state index contributed by atoms with van der Waals surface area (Å²) in [5.41, 5.74) is 0.521. The molecule has 0 spiro atoms. The van der Waals surface area contributed by atoms with Gasteiger partial charge >= 0.3 is 5.97 Å². The van der Waals surface area contributed by atoms with Crippen molar-refractivity contribution < 1.29 is 9.53 Å². The van der Waals surface area contributed by atoms with Crippen LogP contribution < -0.4 is 0 Å². The van der Waals surface area contributed by atoms with E-state index in [2.05, 4.69) is 42.4 Å². The summed E-state index contributed by atoms with van der Waals surface area (Å²) in [5, 5.41) is 0. The summed E-state index contributed by atoms with van der Waals surface area (Å²) in [6.07, 6.45) is 0.794. The number of benzene rings is 1. The average molecular weight is 317 g/mol. The maximum Gasteiger partial charge on any atom is 0.339 e. The lowest BCUT2D eigenvalue weighted by Crippen LogP contribution is -2.17. The largest absolute Gasteiger partial charge is 0.459 e. The zero-order chi connectivity index (χ0) is 13.0. The summed E-state index contributed by atoms with van der Waals surface area (Å²) in [7, 11) is 0. The molecule has 0 fully saturated rings. The third-order valence-corrected chi connectivity index (χ3v) is 3.25. The van der Waals surface area contributed by atoms with Crippen molar-refractivity contribution >= 4 is 34.5 Å². The van der Waals surface area contributed by atoms with Crippen LogP contribution in [-0.2, 0) is 4.74 Å². The topological polar surface area (TPSA) is 26.3 Å². The van der Waals surface area contributed by atoms with Gasteiger partial charge in [0.2, 0.25) is 0 Å². The average Bonchev–Trinajstić information content (AvgIpc) is 2.20. The van der Waals surface area contributed by atoms with Crippen LogP contribution in [0, 0.1) is 5.92 Å². The number of hydrogen-bond donors (Lipinski definition) is 1. The molecule has 0 bridgehead atoms. The summed E-state index contributed by atoms with van der Waals surface area (Å²) < 4.78 is 6.11. The first kappa shape index (κ1) is 14.6. The van der Waals surface area contributed by atoms with Gasteiger partial charge in [-0.3, -0.25) is 0 Å². The van der Waals surface area contributed by atoms with E-state index in [1.807, 2.05) is 13.0 Å². The second kappa shape index (κ2) is 6.45. The number of carbonyl (C=O) groups is 1. The van der Waals surface area contributed by atoms with Gasteiger partial charge in [-0.2, -0.15) is 0 Å². The SMILES string of the molecule is CC(C)CC(C)OC(=O)c1cc(S)ccc1Br. The molecular weight excluding hydrogens is 300 g/mol. The first-order valence-corrected chi connectivity index (χ1v) is 6.83. The number of halogens is 1. The zero-order valence-electron chi connectivity index (χ0n) is 10.2. The maximum atomic E-state index is 11.9. The van der Waals surface area contributed by atoms with E-state index in [1.165, 1.54) is 0 Å².